The maximum absolute atomic E-state index is 11.5. The predicted octanol–water partition coefficient (Wildman–Crippen LogP) is 9.00. The van der Waals surface area contributed by atoms with Crippen LogP contribution in [0.25, 0.3) is 0 Å². The summed E-state index contributed by atoms with van der Waals surface area (Å²) in [5.74, 6) is 0.642. The zero-order chi connectivity index (χ0) is 34.8. The first-order chi connectivity index (χ1) is 21.0. The molecule has 0 radical (unpaired) electrons. The molecular formula is C40H64N4O2. The second kappa shape index (κ2) is 14.2. The van der Waals surface area contributed by atoms with Gasteiger partial charge in [-0.2, -0.15) is 0 Å². The topological polar surface area (TPSA) is 71.7 Å². The first-order valence-corrected chi connectivity index (χ1v) is 17.2. The predicted molar refractivity (Wildman–Crippen MR) is 197 cm³/mol. The lowest BCUT2D eigenvalue weighted by Gasteiger charge is -2.43. The van der Waals surface area contributed by atoms with Gasteiger partial charge in [-0.15, -0.1) is 0 Å². The molecule has 1 saturated carbocycles. The molecule has 1 aliphatic rings. The summed E-state index contributed by atoms with van der Waals surface area (Å²) in [6.07, 6.45) is 8.25. The Morgan fingerprint density at radius 2 is 0.935 bits per heavy atom. The number of hydrogen-bond acceptors (Lipinski definition) is 6. The van der Waals surface area contributed by atoms with Crippen molar-refractivity contribution in [3.8, 4) is 11.5 Å². The molecule has 0 bridgehead atoms. The van der Waals surface area contributed by atoms with E-state index in [9.17, 15) is 10.2 Å². The molecule has 0 aliphatic heterocycles. The second-order valence-electron chi connectivity index (χ2n) is 17.8. The van der Waals surface area contributed by atoms with Crippen LogP contribution >= 0.6 is 0 Å². The molecule has 1 fully saturated rings. The zero-order valence-electron chi connectivity index (χ0n) is 31.5. The van der Waals surface area contributed by atoms with Gasteiger partial charge in [0, 0.05) is 59.9 Å². The van der Waals surface area contributed by atoms with E-state index < -0.39 is 0 Å². The van der Waals surface area contributed by atoms with Crippen molar-refractivity contribution in [1.82, 2.24) is 9.80 Å². The van der Waals surface area contributed by atoms with Crippen LogP contribution in [-0.4, -0.2) is 69.7 Å². The standard InChI is InChI=1S/C40H64N4O2/c1-37(2,3)31-19-27(23-41-39(7,8)9)35(45)29(21-31)25-43(13)33-17-15-16-18-34(33)44(14)26-30-22-32(38(4,5)6)20-28(36(30)46)24-42-40(10,11)12/h19-24,33-34,45-46H,15-18,25-26H2,1-14H3. The summed E-state index contributed by atoms with van der Waals surface area (Å²) in [7, 11) is 4.39. The van der Waals surface area contributed by atoms with Crippen molar-refractivity contribution >= 4 is 12.4 Å². The van der Waals surface area contributed by atoms with E-state index in [0.29, 0.717) is 36.7 Å². The molecule has 6 heteroatoms. The van der Waals surface area contributed by atoms with Crippen molar-refractivity contribution in [2.24, 2.45) is 9.98 Å². The number of likely N-dealkylation sites (N-methyl/N-ethyl adjacent to an activating group) is 2. The van der Waals surface area contributed by atoms with Gasteiger partial charge >= 0.3 is 0 Å². The highest BCUT2D eigenvalue weighted by Crippen LogP contribution is 2.36. The average molecular weight is 633 g/mol. The first kappa shape index (κ1) is 37.8. The zero-order valence-corrected chi connectivity index (χ0v) is 31.5. The van der Waals surface area contributed by atoms with E-state index in [1.165, 1.54) is 24.0 Å². The second-order valence-corrected chi connectivity index (χ2v) is 17.8. The molecule has 3 rings (SSSR count). The summed E-state index contributed by atoms with van der Waals surface area (Å²) in [4.78, 5) is 14.3. The minimum Gasteiger partial charge on any atom is -0.507 e. The van der Waals surface area contributed by atoms with Crippen molar-refractivity contribution < 1.29 is 10.2 Å². The van der Waals surface area contributed by atoms with Gasteiger partial charge in [0.1, 0.15) is 11.5 Å². The number of nitrogens with zero attached hydrogens (tertiary/aromatic N) is 4. The minimum atomic E-state index is -0.220. The highest BCUT2D eigenvalue weighted by molar-refractivity contribution is 5.85. The maximum atomic E-state index is 11.5. The quantitative estimate of drug-likeness (QED) is 0.285. The highest BCUT2D eigenvalue weighted by Gasteiger charge is 2.33. The molecule has 0 aromatic heterocycles. The minimum absolute atomic E-state index is 0.0566. The van der Waals surface area contributed by atoms with Crippen LogP contribution in [0, 0.1) is 0 Å². The molecule has 0 amide bonds. The number of aromatic hydroxyl groups is 2. The van der Waals surface area contributed by atoms with E-state index in [1.807, 2.05) is 12.4 Å². The average Bonchev–Trinajstić information content (AvgIpc) is 2.91. The number of aliphatic imine (C=N–C) groups is 2. The van der Waals surface area contributed by atoms with E-state index in [2.05, 4.69) is 131 Å². The van der Waals surface area contributed by atoms with Gasteiger partial charge < -0.3 is 10.2 Å². The van der Waals surface area contributed by atoms with Crippen molar-refractivity contribution in [2.45, 2.75) is 156 Å². The molecular weight excluding hydrogens is 568 g/mol. The van der Waals surface area contributed by atoms with Crippen molar-refractivity contribution in [2.75, 3.05) is 14.1 Å². The van der Waals surface area contributed by atoms with Crippen LogP contribution in [0.15, 0.2) is 34.3 Å². The van der Waals surface area contributed by atoms with Gasteiger partial charge in [-0.05, 0) is 103 Å². The SMILES string of the molecule is CN(Cc1cc(C(C)(C)C)cc(C=NC(C)(C)C)c1O)C1CCCCC1N(C)Cc1cc(C(C)(C)C)cc(C=NC(C)(C)C)c1O. The van der Waals surface area contributed by atoms with Gasteiger partial charge in [0.15, 0.2) is 0 Å². The fraction of sp³-hybridized carbons (Fsp3) is 0.650. The van der Waals surface area contributed by atoms with Gasteiger partial charge in [-0.1, -0.05) is 66.5 Å². The van der Waals surface area contributed by atoms with E-state index in [0.717, 1.165) is 35.1 Å². The van der Waals surface area contributed by atoms with Crippen LogP contribution < -0.4 is 0 Å². The summed E-state index contributed by atoms with van der Waals surface area (Å²) >= 11 is 0. The maximum Gasteiger partial charge on any atom is 0.128 e. The Morgan fingerprint density at radius 1 is 0.609 bits per heavy atom. The lowest BCUT2D eigenvalue weighted by atomic mass is 9.84. The highest BCUT2D eigenvalue weighted by atomic mass is 16.3. The van der Waals surface area contributed by atoms with Gasteiger partial charge in [0.25, 0.3) is 0 Å². The Balaban J connectivity index is 1.94. The Bertz CT molecular complexity index is 1290. The normalized spacial score (nSPS) is 18.9. The Hall–Kier alpha value is -2.70. The Kier molecular flexibility index (Phi) is 11.6. The number of phenolic OH excluding ortho intramolecular Hbond substituents is 2. The molecule has 256 valence electrons. The molecule has 2 unspecified atom stereocenters. The van der Waals surface area contributed by atoms with Crippen molar-refractivity contribution in [1.29, 1.82) is 0 Å². The Morgan fingerprint density at radius 3 is 1.22 bits per heavy atom. The summed E-state index contributed by atoms with van der Waals surface area (Å²) < 4.78 is 0. The van der Waals surface area contributed by atoms with E-state index >= 15 is 0 Å². The third-order valence-corrected chi connectivity index (χ3v) is 9.02. The summed E-state index contributed by atoms with van der Waals surface area (Å²) in [5.41, 5.74) is 5.28. The fourth-order valence-electron chi connectivity index (χ4n) is 6.16. The summed E-state index contributed by atoms with van der Waals surface area (Å²) in [6, 6.07) is 9.17. The monoisotopic (exact) mass is 633 g/mol. The van der Waals surface area contributed by atoms with Crippen LogP contribution in [0.4, 0.5) is 0 Å². The van der Waals surface area contributed by atoms with E-state index in [1.54, 1.807) is 0 Å². The summed E-state index contributed by atoms with van der Waals surface area (Å²) in [5, 5.41) is 22.9. The molecule has 46 heavy (non-hydrogen) atoms. The first-order valence-electron chi connectivity index (χ1n) is 17.2. The smallest absolute Gasteiger partial charge is 0.128 e. The molecule has 2 aromatic carbocycles. The number of benzene rings is 2. The van der Waals surface area contributed by atoms with Crippen LogP contribution in [0.3, 0.4) is 0 Å². The van der Waals surface area contributed by atoms with Gasteiger partial charge in [0.2, 0.25) is 0 Å². The van der Waals surface area contributed by atoms with Crippen molar-refractivity contribution in [3.05, 3.63) is 57.6 Å². The molecule has 6 nitrogen and oxygen atoms in total. The molecule has 1 aliphatic carbocycles. The number of hydrogen-bond donors (Lipinski definition) is 2. The fourth-order valence-corrected chi connectivity index (χ4v) is 6.16. The number of phenols is 2. The van der Waals surface area contributed by atoms with Gasteiger partial charge in [-0.25, -0.2) is 0 Å². The van der Waals surface area contributed by atoms with Crippen LogP contribution in [-0.2, 0) is 23.9 Å². The lowest BCUT2D eigenvalue weighted by Crippen LogP contribution is -2.50. The molecule has 2 aromatic rings. The van der Waals surface area contributed by atoms with Crippen LogP contribution in [0.5, 0.6) is 11.5 Å². The van der Waals surface area contributed by atoms with E-state index in [-0.39, 0.29) is 21.9 Å². The molecule has 2 atom stereocenters. The summed E-state index contributed by atoms with van der Waals surface area (Å²) in [6.45, 7) is 27.0. The molecule has 0 heterocycles. The Labute approximate surface area is 281 Å². The van der Waals surface area contributed by atoms with Crippen LogP contribution in [0.2, 0.25) is 0 Å². The lowest BCUT2D eigenvalue weighted by molar-refractivity contribution is 0.0684. The third-order valence-electron chi connectivity index (χ3n) is 9.02. The molecule has 0 saturated heterocycles. The molecule has 2 N–H and O–H groups in total. The van der Waals surface area contributed by atoms with Crippen molar-refractivity contribution in [3.63, 3.8) is 0 Å². The van der Waals surface area contributed by atoms with Gasteiger partial charge in [0.05, 0.1) is 11.1 Å². The van der Waals surface area contributed by atoms with Gasteiger partial charge in [-0.3, -0.25) is 19.8 Å². The third kappa shape index (κ3) is 10.4. The molecule has 0 spiro atoms. The number of rotatable bonds is 8. The largest absolute Gasteiger partial charge is 0.507 e. The van der Waals surface area contributed by atoms with Crippen LogP contribution in [0.1, 0.15) is 142 Å². The van der Waals surface area contributed by atoms with E-state index in [4.69, 9.17) is 9.98 Å².